The second-order valence-corrected chi connectivity index (χ2v) is 3.78. The van der Waals surface area contributed by atoms with Gasteiger partial charge in [-0.05, 0) is 43.1 Å². The Balaban J connectivity index is 2.87. The Labute approximate surface area is 75.2 Å². The maximum atomic E-state index is 5.77. The summed E-state index contributed by atoms with van der Waals surface area (Å²) in [5.74, 6) is 0. The normalized spacial score (nSPS) is 10.8. The second-order valence-electron chi connectivity index (χ2n) is 2.97. The summed E-state index contributed by atoms with van der Waals surface area (Å²) in [4.78, 5) is 0. The third-order valence-corrected chi connectivity index (χ3v) is 2.94. The van der Waals surface area contributed by atoms with Crippen LogP contribution in [0.5, 0.6) is 0 Å². The summed E-state index contributed by atoms with van der Waals surface area (Å²) in [6.45, 7) is 4.04. The Bertz CT molecular complexity index is 431. The first-order valence-corrected chi connectivity index (χ1v) is 4.58. The summed E-state index contributed by atoms with van der Waals surface area (Å²) in [6.07, 6.45) is 0. The lowest BCUT2D eigenvalue weighted by Gasteiger charge is -1.98. The molecule has 0 atom stereocenters. The molecule has 0 saturated carbocycles. The van der Waals surface area contributed by atoms with Crippen LogP contribution in [0.1, 0.15) is 11.3 Å². The van der Waals surface area contributed by atoms with E-state index < -0.39 is 0 Å². The van der Waals surface area contributed by atoms with Gasteiger partial charge in [0.05, 0.1) is 10.4 Å². The van der Waals surface area contributed by atoms with Gasteiger partial charge in [0.2, 0.25) is 0 Å². The van der Waals surface area contributed by atoms with Crippen LogP contribution >= 0.6 is 11.5 Å². The van der Waals surface area contributed by atoms with E-state index in [0.717, 1.165) is 16.9 Å². The third-order valence-electron chi connectivity index (χ3n) is 2.04. The standard InChI is InChI=1S/C9H10N2S/c1-5-3-7-6(2)11-12-9(7)4-8(5)10/h3-4H,10H2,1-2H3. The van der Waals surface area contributed by atoms with Gasteiger partial charge in [0, 0.05) is 11.1 Å². The van der Waals surface area contributed by atoms with Gasteiger partial charge in [0.1, 0.15) is 0 Å². The van der Waals surface area contributed by atoms with E-state index in [9.17, 15) is 0 Å². The van der Waals surface area contributed by atoms with Crippen molar-refractivity contribution < 1.29 is 0 Å². The minimum atomic E-state index is 0.853. The van der Waals surface area contributed by atoms with Crippen molar-refractivity contribution in [1.82, 2.24) is 4.37 Å². The number of nitrogens with zero attached hydrogens (tertiary/aromatic N) is 1. The molecule has 0 saturated heterocycles. The largest absolute Gasteiger partial charge is 0.398 e. The molecule has 2 rings (SSSR count). The molecule has 0 aliphatic heterocycles. The molecule has 0 radical (unpaired) electrons. The monoisotopic (exact) mass is 178 g/mol. The molecule has 2 nitrogen and oxygen atoms in total. The minimum Gasteiger partial charge on any atom is -0.398 e. The highest BCUT2D eigenvalue weighted by molar-refractivity contribution is 7.13. The van der Waals surface area contributed by atoms with Crippen molar-refractivity contribution in [1.29, 1.82) is 0 Å². The number of hydrogen-bond acceptors (Lipinski definition) is 3. The smallest absolute Gasteiger partial charge is 0.0590 e. The van der Waals surface area contributed by atoms with E-state index in [0.29, 0.717) is 0 Å². The lowest BCUT2D eigenvalue weighted by molar-refractivity contribution is 1.37. The van der Waals surface area contributed by atoms with Gasteiger partial charge in [0.25, 0.3) is 0 Å². The van der Waals surface area contributed by atoms with Gasteiger partial charge in [-0.2, -0.15) is 4.37 Å². The first kappa shape index (κ1) is 7.55. The molecule has 1 aromatic carbocycles. The molecule has 0 spiro atoms. The predicted octanol–water partition coefficient (Wildman–Crippen LogP) is 2.50. The van der Waals surface area contributed by atoms with Gasteiger partial charge >= 0.3 is 0 Å². The fraction of sp³-hybridized carbons (Fsp3) is 0.222. The van der Waals surface area contributed by atoms with Crippen LogP contribution in [-0.4, -0.2) is 4.37 Å². The fourth-order valence-corrected chi connectivity index (χ4v) is 2.05. The molecule has 0 amide bonds. The highest BCUT2D eigenvalue weighted by atomic mass is 32.1. The molecular formula is C9H10N2S. The van der Waals surface area contributed by atoms with Gasteiger partial charge < -0.3 is 5.73 Å². The molecule has 0 unspecified atom stereocenters. The average molecular weight is 178 g/mol. The third kappa shape index (κ3) is 0.975. The predicted molar refractivity (Wildman–Crippen MR) is 53.5 cm³/mol. The SMILES string of the molecule is Cc1cc2c(C)nsc2cc1N. The zero-order valence-corrected chi connectivity index (χ0v) is 7.90. The Morgan fingerprint density at radius 1 is 1.33 bits per heavy atom. The maximum absolute atomic E-state index is 5.77. The summed E-state index contributed by atoms with van der Waals surface area (Å²) in [5, 5.41) is 1.23. The van der Waals surface area contributed by atoms with Crippen molar-refractivity contribution in [2.45, 2.75) is 13.8 Å². The van der Waals surface area contributed by atoms with Crippen LogP contribution < -0.4 is 5.73 Å². The number of fused-ring (bicyclic) bond motifs is 1. The van der Waals surface area contributed by atoms with Crippen LogP contribution in [0.4, 0.5) is 5.69 Å². The van der Waals surface area contributed by atoms with Crippen molar-refractivity contribution in [2.24, 2.45) is 0 Å². The van der Waals surface area contributed by atoms with Crippen molar-refractivity contribution in [3.63, 3.8) is 0 Å². The van der Waals surface area contributed by atoms with Crippen molar-refractivity contribution >= 4 is 27.3 Å². The zero-order chi connectivity index (χ0) is 8.72. The molecule has 12 heavy (non-hydrogen) atoms. The Hall–Kier alpha value is -1.09. The number of rotatable bonds is 0. The van der Waals surface area contributed by atoms with E-state index in [4.69, 9.17) is 5.73 Å². The van der Waals surface area contributed by atoms with E-state index >= 15 is 0 Å². The van der Waals surface area contributed by atoms with Crippen molar-refractivity contribution in [3.8, 4) is 0 Å². The maximum Gasteiger partial charge on any atom is 0.0590 e. The van der Waals surface area contributed by atoms with Gasteiger partial charge in [-0.3, -0.25) is 0 Å². The summed E-state index contributed by atoms with van der Waals surface area (Å²) in [7, 11) is 0. The van der Waals surface area contributed by atoms with Crippen LogP contribution in [0.25, 0.3) is 10.1 Å². The molecule has 1 heterocycles. The summed E-state index contributed by atoms with van der Waals surface area (Å²) >= 11 is 1.51. The lowest BCUT2D eigenvalue weighted by Crippen LogP contribution is -1.87. The molecule has 0 bridgehead atoms. The van der Waals surface area contributed by atoms with Gasteiger partial charge in [-0.15, -0.1) is 0 Å². The van der Waals surface area contributed by atoms with Crippen LogP contribution in [0, 0.1) is 13.8 Å². The molecule has 3 heteroatoms. The van der Waals surface area contributed by atoms with Crippen LogP contribution in [0.3, 0.4) is 0 Å². The number of aryl methyl sites for hydroxylation is 2. The van der Waals surface area contributed by atoms with Gasteiger partial charge in [-0.1, -0.05) is 0 Å². The minimum absolute atomic E-state index is 0.853. The number of benzene rings is 1. The number of nitrogens with two attached hydrogens (primary N) is 1. The molecule has 0 aliphatic rings. The van der Waals surface area contributed by atoms with E-state index in [1.54, 1.807) is 0 Å². The van der Waals surface area contributed by atoms with Crippen LogP contribution in [-0.2, 0) is 0 Å². The highest BCUT2D eigenvalue weighted by Gasteiger charge is 2.03. The highest BCUT2D eigenvalue weighted by Crippen LogP contribution is 2.26. The molecule has 62 valence electrons. The molecule has 1 aromatic heterocycles. The summed E-state index contributed by atoms with van der Waals surface area (Å²) in [6, 6.07) is 4.10. The Morgan fingerprint density at radius 2 is 2.08 bits per heavy atom. The molecule has 2 aromatic rings. The second kappa shape index (κ2) is 2.45. The number of aromatic nitrogens is 1. The first-order valence-electron chi connectivity index (χ1n) is 3.80. The number of anilines is 1. The van der Waals surface area contributed by atoms with Gasteiger partial charge in [-0.25, -0.2) is 0 Å². The van der Waals surface area contributed by atoms with Crippen molar-refractivity contribution in [3.05, 3.63) is 23.4 Å². The average Bonchev–Trinajstić information content (AvgIpc) is 2.35. The topological polar surface area (TPSA) is 38.9 Å². The van der Waals surface area contributed by atoms with E-state index in [1.165, 1.54) is 21.6 Å². The molecular weight excluding hydrogens is 168 g/mol. The van der Waals surface area contributed by atoms with Crippen LogP contribution in [0.15, 0.2) is 12.1 Å². The Kier molecular flexibility index (Phi) is 1.54. The van der Waals surface area contributed by atoms with Crippen LogP contribution in [0.2, 0.25) is 0 Å². The van der Waals surface area contributed by atoms with Gasteiger partial charge in [0.15, 0.2) is 0 Å². The summed E-state index contributed by atoms with van der Waals surface area (Å²) < 4.78 is 5.44. The molecule has 0 fully saturated rings. The molecule has 0 aliphatic carbocycles. The lowest BCUT2D eigenvalue weighted by atomic mass is 10.1. The fourth-order valence-electron chi connectivity index (χ4n) is 1.23. The van der Waals surface area contributed by atoms with E-state index in [-0.39, 0.29) is 0 Å². The van der Waals surface area contributed by atoms with E-state index in [1.807, 2.05) is 19.9 Å². The summed E-state index contributed by atoms with van der Waals surface area (Å²) in [5.41, 5.74) is 8.85. The zero-order valence-electron chi connectivity index (χ0n) is 7.09. The molecule has 2 N–H and O–H groups in total. The van der Waals surface area contributed by atoms with E-state index in [2.05, 4.69) is 10.4 Å². The Morgan fingerprint density at radius 3 is 2.83 bits per heavy atom. The number of nitrogen functional groups attached to an aromatic ring is 1. The quantitative estimate of drug-likeness (QED) is 0.629. The van der Waals surface area contributed by atoms with Crippen molar-refractivity contribution in [2.75, 3.05) is 5.73 Å². The number of hydrogen-bond donors (Lipinski definition) is 1. The first-order chi connectivity index (χ1) is 5.68.